The van der Waals surface area contributed by atoms with Crippen LogP contribution in [0, 0.1) is 0 Å². The molecular formula is C17H15BrN2O2. The van der Waals surface area contributed by atoms with Crippen molar-refractivity contribution < 1.29 is 9.90 Å². The van der Waals surface area contributed by atoms with E-state index >= 15 is 0 Å². The Balaban J connectivity index is 1.62. The normalized spacial score (nSPS) is 10.8. The van der Waals surface area contributed by atoms with Crippen LogP contribution in [0.4, 0.5) is 0 Å². The number of benzene rings is 2. The highest BCUT2D eigenvalue weighted by atomic mass is 79.9. The number of rotatable bonds is 4. The third-order valence-corrected chi connectivity index (χ3v) is 3.99. The zero-order valence-electron chi connectivity index (χ0n) is 11.8. The summed E-state index contributed by atoms with van der Waals surface area (Å²) in [5.41, 5.74) is 2.42. The number of hydrogen-bond acceptors (Lipinski definition) is 2. The standard InChI is InChI=1S/C17H15BrN2O2/c18-13-4-1-11(2-5-13)7-8-19-17(22)16-9-12-3-6-14(21)10-15(12)20-16/h1-6,9-10,20-21H,7-8H2,(H,19,22). The second kappa shape index (κ2) is 6.23. The number of carbonyl (C=O) groups excluding carboxylic acids is 1. The van der Waals surface area contributed by atoms with Crippen LogP contribution in [0.2, 0.25) is 0 Å². The van der Waals surface area contributed by atoms with Crippen LogP contribution < -0.4 is 5.32 Å². The summed E-state index contributed by atoms with van der Waals surface area (Å²) in [5, 5.41) is 13.2. The van der Waals surface area contributed by atoms with Gasteiger partial charge in [-0.25, -0.2) is 0 Å². The lowest BCUT2D eigenvalue weighted by Crippen LogP contribution is -2.25. The summed E-state index contributed by atoms with van der Waals surface area (Å²) < 4.78 is 1.04. The Kier molecular flexibility index (Phi) is 4.15. The van der Waals surface area contributed by atoms with Gasteiger partial charge >= 0.3 is 0 Å². The number of nitrogens with one attached hydrogen (secondary N) is 2. The van der Waals surface area contributed by atoms with E-state index in [4.69, 9.17) is 0 Å². The minimum Gasteiger partial charge on any atom is -0.508 e. The Morgan fingerprint density at radius 3 is 2.68 bits per heavy atom. The van der Waals surface area contributed by atoms with E-state index < -0.39 is 0 Å². The Morgan fingerprint density at radius 1 is 1.14 bits per heavy atom. The van der Waals surface area contributed by atoms with Gasteiger partial charge in [-0.1, -0.05) is 28.1 Å². The summed E-state index contributed by atoms with van der Waals surface area (Å²) in [4.78, 5) is 15.1. The largest absolute Gasteiger partial charge is 0.508 e. The van der Waals surface area contributed by atoms with Gasteiger partial charge in [0.15, 0.2) is 0 Å². The van der Waals surface area contributed by atoms with Crippen LogP contribution >= 0.6 is 15.9 Å². The molecule has 0 saturated heterocycles. The first-order chi connectivity index (χ1) is 10.6. The minimum atomic E-state index is -0.146. The van der Waals surface area contributed by atoms with E-state index in [0.29, 0.717) is 12.2 Å². The van der Waals surface area contributed by atoms with E-state index in [2.05, 4.69) is 26.2 Å². The third kappa shape index (κ3) is 3.31. The van der Waals surface area contributed by atoms with Crippen molar-refractivity contribution in [1.82, 2.24) is 10.3 Å². The second-order valence-corrected chi connectivity index (χ2v) is 6.00. The number of H-pyrrole nitrogens is 1. The van der Waals surface area contributed by atoms with Crippen molar-refractivity contribution in [3.05, 3.63) is 64.3 Å². The first-order valence-corrected chi connectivity index (χ1v) is 7.75. The summed E-state index contributed by atoms with van der Waals surface area (Å²) in [6.45, 7) is 0.571. The molecule has 3 N–H and O–H groups in total. The van der Waals surface area contributed by atoms with E-state index in [-0.39, 0.29) is 11.7 Å². The summed E-state index contributed by atoms with van der Waals surface area (Å²) in [6.07, 6.45) is 0.778. The Hall–Kier alpha value is -2.27. The van der Waals surface area contributed by atoms with Gasteiger partial charge in [0.05, 0.1) is 0 Å². The fraction of sp³-hybridized carbons (Fsp3) is 0.118. The maximum atomic E-state index is 12.1. The molecule has 5 heteroatoms. The van der Waals surface area contributed by atoms with E-state index in [9.17, 15) is 9.90 Å². The summed E-state index contributed by atoms with van der Waals surface area (Å²) in [6, 6.07) is 14.8. The number of halogens is 1. The molecule has 22 heavy (non-hydrogen) atoms. The fourth-order valence-corrected chi connectivity index (χ4v) is 2.57. The Bertz CT molecular complexity index is 809. The Morgan fingerprint density at radius 2 is 1.91 bits per heavy atom. The van der Waals surface area contributed by atoms with Crippen molar-refractivity contribution in [3.8, 4) is 5.75 Å². The lowest BCUT2D eigenvalue weighted by atomic mass is 10.1. The van der Waals surface area contributed by atoms with E-state index in [1.165, 1.54) is 5.56 Å². The van der Waals surface area contributed by atoms with Gasteiger partial charge in [-0.15, -0.1) is 0 Å². The molecule has 1 amide bonds. The molecule has 0 aliphatic carbocycles. The summed E-state index contributed by atoms with van der Waals surface area (Å²) >= 11 is 3.40. The van der Waals surface area contributed by atoms with Gasteiger partial charge in [-0.3, -0.25) is 4.79 Å². The number of aromatic amines is 1. The van der Waals surface area contributed by atoms with Gasteiger partial charge in [-0.05, 0) is 42.3 Å². The van der Waals surface area contributed by atoms with Crippen molar-refractivity contribution in [1.29, 1.82) is 0 Å². The molecule has 0 bridgehead atoms. The summed E-state index contributed by atoms with van der Waals surface area (Å²) in [5.74, 6) is 0.0318. The molecule has 1 heterocycles. The number of carbonyl (C=O) groups is 1. The number of aromatic hydroxyl groups is 1. The number of aromatic nitrogens is 1. The number of phenolic OH excluding ortho intramolecular Hbond substituents is 1. The number of hydrogen-bond donors (Lipinski definition) is 3. The van der Waals surface area contributed by atoms with Crippen LogP contribution in [-0.4, -0.2) is 22.5 Å². The second-order valence-electron chi connectivity index (χ2n) is 5.09. The van der Waals surface area contributed by atoms with Crippen LogP contribution in [0.3, 0.4) is 0 Å². The molecule has 112 valence electrons. The minimum absolute atomic E-state index is 0.146. The van der Waals surface area contributed by atoms with Crippen LogP contribution in [-0.2, 0) is 6.42 Å². The molecule has 3 aromatic rings. The lowest BCUT2D eigenvalue weighted by Gasteiger charge is -2.04. The van der Waals surface area contributed by atoms with E-state index in [1.807, 2.05) is 24.3 Å². The molecule has 3 rings (SSSR count). The maximum absolute atomic E-state index is 12.1. The van der Waals surface area contributed by atoms with Crippen molar-refractivity contribution in [2.24, 2.45) is 0 Å². The molecule has 1 aromatic heterocycles. The van der Waals surface area contributed by atoms with Gasteiger partial charge in [0.25, 0.3) is 5.91 Å². The molecule has 0 unspecified atom stereocenters. The fourth-order valence-electron chi connectivity index (χ4n) is 2.30. The molecule has 0 fully saturated rings. The van der Waals surface area contributed by atoms with E-state index in [1.54, 1.807) is 24.3 Å². The molecule has 0 aliphatic rings. The van der Waals surface area contributed by atoms with Gasteiger partial charge in [0, 0.05) is 28.0 Å². The monoisotopic (exact) mass is 358 g/mol. The molecular weight excluding hydrogens is 344 g/mol. The molecule has 0 spiro atoms. The highest BCUT2D eigenvalue weighted by Gasteiger charge is 2.09. The predicted octanol–water partition coefficient (Wildman–Crippen LogP) is 3.61. The molecule has 2 aromatic carbocycles. The van der Waals surface area contributed by atoms with Crippen molar-refractivity contribution in [2.75, 3.05) is 6.54 Å². The van der Waals surface area contributed by atoms with Crippen molar-refractivity contribution in [3.63, 3.8) is 0 Å². The molecule has 0 radical (unpaired) electrons. The SMILES string of the molecule is O=C(NCCc1ccc(Br)cc1)c1cc2ccc(O)cc2[nH]1. The van der Waals surface area contributed by atoms with Gasteiger partial charge in [-0.2, -0.15) is 0 Å². The van der Waals surface area contributed by atoms with Crippen LogP contribution in [0.5, 0.6) is 5.75 Å². The van der Waals surface area contributed by atoms with Crippen LogP contribution in [0.25, 0.3) is 10.9 Å². The first-order valence-electron chi connectivity index (χ1n) is 6.96. The quantitative estimate of drug-likeness (QED) is 0.666. The van der Waals surface area contributed by atoms with Crippen molar-refractivity contribution in [2.45, 2.75) is 6.42 Å². The number of amides is 1. The topological polar surface area (TPSA) is 65.1 Å². The van der Waals surface area contributed by atoms with Gasteiger partial charge in [0.2, 0.25) is 0 Å². The molecule has 0 atom stereocenters. The molecule has 4 nitrogen and oxygen atoms in total. The Labute approximate surface area is 136 Å². The van der Waals surface area contributed by atoms with Gasteiger partial charge < -0.3 is 15.4 Å². The lowest BCUT2D eigenvalue weighted by molar-refractivity contribution is 0.0950. The average molecular weight is 359 g/mol. The number of phenols is 1. The predicted molar refractivity (Wildman–Crippen MR) is 90.1 cm³/mol. The highest BCUT2D eigenvalue weighted by molar-refractivity contribution is 9.10. The van der Waals surface area contributed by atoms with Crippen LogP contribution in [0.15, 0.2) is 53.0 Å². The third-order valence-electron chi connectivity index (χ3n) is 3.46. The zero-order valence-corrected chi connectivity index (χ0v) is 13.4. The summed E-state index contributed by atoms with van der Waals surface area (Å²) in [7, 11) is 0. The maximum Gasteiger partial charge on any atom is 0.267 e. The van der Waals surface area contributed by atoms with Crippen molar-refractivity contribution >= 4 is 32.7 Å². The van der Waals surface area contributed by atoms with E-state index in [0.717, 1.165) is 21.8 Å². The highest BCUT2D eigenvalue weighted by Crippen LogP contribution is 2.20. The first kappa shape index (κ1) is 14.7. The average Bonchev–Trinajstić information content (AvgIpc) is 2.92. The number of fused-ring (bicyclic) bond motifs is 1. The van der Waals surface area contributed by atoms with Crippen LogP contribution in [0.1, 0.15) is 16.1 Å². The zero-order chi connectivity index (χ0) is 15.5. The molecule has 0 aliphatic heterocycles. The molecule has 0 saturated carbocycles. The van der Waals surface area contributed by atoms with Gasteiger partial charge in [0.1, 0.15) is 11.4 Å². The smallest absolute Gasteiger partial charge is 0.267 e.